The summed E-state index contributed by atoms with van der Waals surface area (Å²) in [5.74, 6) is -0.268. The number of unbranched alkanes of at least 4 members (excludes halogenated alkanes) is 26. The summed E-state index contributed by atoms with van der Waals surface area (Å²) in [6, 6.07) is -0.942. The molecule has 1 rings (SSSR count). The zero-order chi connectivity index (χ0) is 43.4. The van der Waals surface area contributed by atoms with Gasteiger partial charge in [0.15, 0.2) is 6.29 Å². The minimum absolute atomic E-state index is 0.265. The minimum atomic E-state index is -5.08. The summed E-state index contributed by atoms with van der Waals surface area (Å²) < 4.78 is 47.5. The average molecular weight is 862 g/mol. The lowest BCUT2D eigenvalue weighted by molar-refractivity contribution is -0.298. The standard InChI is InChI=1S/C46H87NO11S/c1-3-5-7-9-11-13-15-16-17-18-19-20-21-22-23-24-25-26-28-30-32-34-36-42(50)47-39(40(49)35-33-31-29-27-14-12-10-8-6-4-2)38-56-46-44(52)45(58-59(53,54)55)43(51)41(37-48)57-46/h21-22,33,35,39-41,43-46,48-49,51-52H,3-20,23-32,34,36-38H2,1-2H3,(H,47,50)(H,53,54,55)/b22-21-,35-33+. The highest BCUT2D eigenvalue weighted by molar-refractivity contribution is 7.80. The van der Waals surface area contributed by atoms with Gasteiger partial charge in [0.2, 0.25) is 5.91 Å². The van der Waals surface area contributed by atoms with Gasteiger partial charge in [-0.25, -0.2) is 4.18 Å². The second-order valence-corrected chi connectivity index (χ2v) is 17.7. The Kier molecular flexibility index (Phi) is 35.0. The van der Waals surface area contributed by atoms with E-state index in [1.54, 1.807) is 6.08 Å². The smallest absolute Gasteiger partial charge is 0.394 e. The molecule has 0 aromatic heterocycles. The number of aliphatic hydroxyl groups is 4. The molecule has 0 radical (unpaired) electrons. The van der Waals surface area contributed by atoms with Crippen molar-refractivity contribution in [3.63, 3.8) is 0 Å². The van der Waals surface area contributed by atoms with Crippen LogP contribution in [-0.4, -0.2) is 95.4 Å². The van der Waals surface area contributed by atoms with Crippen LogP contribution in [0.4, 0.5) is 0 Å². The summed E-state index contributed by atoms with van der Waals surface area (Å²) in [4.78, 5) is 13.0. The van der Waals surface area contributed by atoms with Crippen molar-refractivity contribution in [2.45, 2.75) is 249 Å². The van der Waals surface area contributed by atoms with Crippen LogP contribution < -0.4 is 5.32 Å². The molecule has 6 N–H and O–H groups in total. The molecule has 0 aromatic carbocycles. The molecule has 13 heteroatoms. The molecule has 1 amide bonds. The van der Waals surface area contributed by atoms with E-state index < -0.39 is 59.9 Å². The molecule has 1 aliphatic rings. The first-order chi connectivity index (χ1) is 28.5. The molecule has 12 nitrogen and oxygen atoms in total. The molecular formula is C46H87NO11S. The number of aliphatic hydroxyl groups excluding tert-OH is 4. The molecule has 7 atom stereocenters. The van der Waals surface area contributed by atoms with E-state index in [2.05, 4.69) is 35.5 Å². The van der Waals surface area contributed by atoms with Crippen LogP contribution in [0.15, 0.2) is 24.3 Å². The second-order valence-electron chi connectivity index (χ2n) is 16.7. The first-order valence-corrected chi connectivity index (χ1v) is 25.1. The number of rotatable bonds is 40. The number of ether oxygens (including phenoxy) is 2. The maximum Gasteiger partial charge on any atom is 0.397 e. The van der Waals surface area contributed by atoms with Crippen LogP contribution in [-0.2, 0) is 28.9 Å². The maximum atomic E-state index is 13.0. The van der Waals surface area contributed by atoms with E-state index in [4.69, 9.17) is 14.0 Å². The van der Waals surface area contributed by atoms with Gasteiger partial charge in [-0.15, -0.1) is 0 Å². The van der Waals surface area contributed by atoms with Crippen molar-refractivity contribution in [3.8, 4) is 0 Å². The third kappa shape index (κ3) is 30.3. The molecule has 0 bridgehead atoms. The molecule has 1 fully saturated rings. The molecule has 1 heterocycles. The van der Waals surface area contributed by atoms with Crippen LogP contribution in [0, 0.1) is 0 Å². The third-order valence-corrected chi connectivity index (χ3v) is 11.7. The van der Waals surface area contributed by atoms with Gasteiger partial charge in [0.25, 0.3) is 0 Å². The third-order valence-electron chi connectivity index (χ3n) is 11.2. The molecule has 0 spiro atoms. The first kappa shape index (κ1) is 55.6. The highest BCUT2D eigenvalue weighted by Crippen LogP contribution is 2.26. The number of carbonyl (C=O) groups excluding carboxylic acids is 1. The van der Waals surface area contributed by atoms with E-state index in [-0.39, 0.29) is 18.9 Å². The Morgan fingerprint density at radius 2 is 1.08 bits per heavy atom. The van der Waals surface area contributed by atoms with E-state index in [0.717, 1.165) is 44.9 Å². The molecule has 59 heavy (non-hydrogen) atoms. The molecule has 0 saturated carbocycles. The van der Waals surface area contributed by atoms with Gasteiger partial charge in [0.05, 0.1) is 25.4 Å². The van der Waals surface area contributed by atoms with Crippen LogP contribution in [0.3, 0.4) is 0 Å². The summed E-state index contributed by atoms with van der Waals surface area (Å²) >= 11 is 0. The van der Waals surface area contributed by atoms with E-state index in [1.807, 2.05) is 6.08 Å². The number of hydrogen-bond donors (Lipinski definition) is 6. The van der Waals surface area contributed by atoms with Gasteiger partial charge in [-0.3, -0.25) is 9.35 Å². The predicted octanol–water partition coefficient (Wildman–Crippen LogP) is 9.33. The number of allylic oxidation sites excluding steroid dienone is 3. The average Bonchev–Trinajstić information content (AvgIpc) is 3.20. The van der Waals surface area contributed by atoms with Gasteiger partial charge in [-0.1, -0.05) is 179 Å². The van der Waals surface area contributed by atoms with Crippen LogP contribution in [0.2, 0.25) is 0 Å². The van der Waals surface area contributed by atoms with Gasteiger partial charge >= 0.3 is 10.4 Å². The van der Waals surface area contributed by atoms with Gasteiger partial charge < -0.3 is 35.2 Å². The van der Waals surface area contributed by atoms with E-state index in [1.165, 1.54) is 135 Å². The Morgan fingerprint density at radius 3 is 1.53 bits per heavy atom. The Hall–Kier alpha value is -1.42. The zero-order valence-electron chi connectivity index (χ0n) is 37.1. The highest BCUT2D eigenvalue weighted by atomic mass is 32.3. The zero-order valence-corrected chi connectivity index (χ0v) is 37.9. The Balaban J connectivity index is 2.42. The first-order valence-electron chi connectivity index (χ1n) is 23.7. The topological polar surface area (TPSA) is 192 Å². The fourth-order valence-corrected chi connectivity index (χ4v) is 8.02. The van der Waals surface area contributed by atoms with Crippen molar-refractivity contribution in [1.29, 1.82) is 0 Å². The van der Waals surface area contributed by atoms with Crippen molar-refractivity contribution in [3.05, 3.63) is 24.3 Å². The number of nitrogens with one attached hydrogen (secondary N) is 1. The fraction of sp³-hybridized carbons (Fsp3) is 0.891. The number of hydrogen-bond acceptors (Lipinski definition) is 10. The van der Waals surface area contributed by atoms with Crippen LogP contribution in [0.5, 0.6) is 0 Å². The molecule has 0 aromatic rings. The highest BCUT2D eigenvalue weighted by Gasteiger charge is 2.48. The summed E-state index contributed by atoms with van der Waals surface area (Å²) in [5, 5.41) is 44.6. The van der Waals surface area contributed by atoms with Crippen molar-refractivity contribution < 1.29 is 51.8 Å². The Labute approximate surface area is 359 Å². The van der Waals surface area contributed by atoms with E-state index in [0.29, 0.717) is 6.42 Å². The monoisotopic (exact) mass is 862 g/mol. The van der Waals surface area contributed by atoms with Crippen molar-refractivity contribution in [2.24, 2.45) is 0 Å². The van der Waals surface area contributed by atoms with Gasteiger partial charge in [-0.2, -0.15) is 8.42 Å². The second kappa shape index (κ2) is 37.2. The molecule has 7 unspecified atom stereocenters. The molecule has 1 aliphatic heterocycles. The van der Waals surface area contributed by atoms with Gasteiger partial charge in [0, 0.05) is 6.42 Å². The molecule has 1 saturated heterocycles. The van der Waals surface area contributed by atoms with E-state index >= 15 is 0 Å². The summed E-state index contributed by atoms with van der Waals surface area (Å²) in [6.45, 7) is 3.36. The molecule has 348 valence electrons. The van der Waals surface area contributed by atoms with Crippen LogP contribution in [0.25, 0.3) is 0 Å². The minimum Gasteiger partial charge on any atom is -0.394 e. The predicted molar refractivity (Wildman–Crippen MR) is 236 cm³/mol. The summed E-state index contributed by atoms with van der Waals surface area (Å²) in [7, 11) is -5.08. The Morgan fingerprint density at radius 1 is 0.661 bits per heavy atom. The quantitative estimate of drug-likeness (QED) is 0.0195. The summed E-state index contributed by atoms with van der Waals surface area (Å²) in [5.41, 5.74) is 0. The number of carbonyl (C=O) groups is 1. The SMILES string of the molecule is CCCCCCCCCC/C=C/C(O)C(COC1OC(CO)C(O)C(OS(=O)(=O)O)C1O)NC(=O)CCCCCCCCC/C=C\CCCCCCCCCCCCC. The van der Waals surface area contributed by atoms with E-state index in [9.17, 15) is 33.6 Å². The largest absolute Gasteiger partial charge is 0.397 e. The normalized spacial score (nSPS) is 21.1. The molecular weight excluding hydrogens is 775 g/mol. The lowest BCUT2D eigenvalue weighted by atomic mass is 9.99. The fourth-order valence-electron chi connectivity index (χ4n) is 7.51. The van der Waals surface area contributed by atoms with Gasteiger partial charge in [0.1, 0.15) is 24.4 Å². The lowest BCUT2D eigenvalue weighted by Crippen LogP contribution is -2.61. The molecule has 0 aliphatic carbocycles. The van der Waals surface area contributed by atoms with Crippen molar-refractivity contribution >= 4 is 16.3 Å². The Bertz CT molecular complexity index is 1150. The summed E-state index contributed by atoms with van der Waals surface area (Å²) in [6.07, 6.45) is 33.8. The van der Waals surface area contributed by atoms with Gasteiger partial charge in [-0.05, 0) is 44.9 Å². The van der Waals surface area contributed by atoms with Crippen molar-refractivity contribution in [2.75, 3.05) is 13.2 Å². The van der Waals surface area contributed by atoms with Crippen molar-refractivity contribution in [1.82, 2.24) is 5.32 Å². The van der Waals surface area contributed by atoms with Crippen LogP contribution in [0.1, 0.15) is 206 Å². The maximum absolute atomic E-state index is 13.0. The lowest BCUT2D eigenvalue weighted by Gasteiger charge is -2.41. The number of amides is 1. The van der Waals surface area contributed by atoms with Crippen LogP contribution >= 0.6 is 0 Å².